The lowest BCUT2D eigenvalue weighted by Crippen LogP contribution is -2.47. The van der Waals surface area contributed by atoms with Crippen molar-refractivity contribution in [3.8, 4) is 16.3 Å². The van der Waals surface area contributed by atoms with Crippen molar-refractivity contribution in [2.45, 2.75) is 19.4 Å². The molecule has 0 radical (unpaired) electrons. The van der Waals surface area contributed by atoms with Crippen molar-refractivity contribution in [2.24, 2.45) is 0 Å². The number of aromatic nitrogens is 2. The van der Waals surface area contributed by atoms with Crippen LogP contribution in [0.4, 0.5) is 10.8 Å². The van der Waals surface area contributed by atoms with Gasteiger partial charge in [-0.25, -0.2) is 8.42 Å². The monoisotopic (exact) mass is 514 g/mol. The molecule has 0 aliphatic carbocycles. The van der Waals surface area contributed by atoms with Gasteiger partial charge in [0.15, 0.2) is 0 Å². The number of rotatable bonds is 8. The van der Waals surface area contributed by atoms with Crippen molar-refractivity contribution in [1.29, 1.82) is 0 Å². The Labute approximate surface area is 200 Å². The van der Waals surface area contributed by atoms with Gasteiger partial charge in [0, 0.05) is 10.6 Å². The van der Waals surface area contributed by atoms with Crippen LogP contribution in [0, 0.1) is 0 Å². The quantitative estimate of drug-likeness (QED) is 0.467. The third kappa shape index (κ3) is 5.50. The van der Waals surface area contributed by atoms with E-state index in [2.05, 4.69) is 15.5 Å². The Morgan fingerprint density at radius 1 is 1.19 bits per heavy atom. The SMILES string of the molecule is CC[C@H](C(=O)Nc1nnc(-c2ccc(Cl)cc2)s1)N(c1ccc(OC)c(Cl)c1)S(C)(=O)=O. The third-order valence-corrected chi connectivity index (χ3v) is 7.08. The fourth-order valence-electron chi connectivity index (χ4n) is 3.02. The van der Waals surface area contributed by atoms with Crippen LogP contribution in [-0.2, 0) is 14.8 Å². The number of hydrogen-bond acceptors (Lipinski definition) is 7. The zero-order valence-electron chi connectivity index (χ0n) is 17.4. The molecule has 1 N–H and O–H groups in total. The predicted octanol–water partition coefficient (Wildman–Crippen LogP) is 4.70. The van der Waals surface area contributed by atoms with Crippen LogP contribution in [0.3, 0.4) is 0 Å². The van der Waals surface area contributed by atoms with Crippen LogP contribution < -0.4 is 14.4 Å². The van der Waals surface area contributed by atoms with Gasteiger partial charge in [-0.2, -0.15) is 0 Å². The standard InChI is InChI=1S/C20H20Cl2N4O4S2/c1-4-16(26(32(3,28)29)14-9-10-17(30-2)15(22)11-14)18(27)23-20-25-24-19(31-20)12-5-7-13(21)8-6-12/h5-11,16H,4H2,1-3H3,(H,23,25,27)/t16-/m1/s1. The summed E-state index contributed by atoms with van der Waals surface area (Å²) in [6, 6.07) is 10.5. The zero-order chi connectivity index (χ0) is 23.5. The Hall–Kier alpha value is -2.40. The number of nitrogens with zero attached hydrogens (tertiary/aromatic N) is 3. The van der Waals surface area contributed by atoms with Crippen LogP contribution in [0.15, 0.2) is 42.5 Å². The second-order valence-corrected chi connectivity index (χ2v) is 10.4. The van der Waals surface area contributed by atoms with Crippen LogP contribution in [0.2, 0.25) is 10.0 Å². The summed E-state index contributed by atoms with van der Waals surface area (Å²) in [5.74, 6) is -0.145. The Morgan fingerprint density at radius 2 is 1.88 bits per heavy atom. The molecule has 32 heavy (non-hydrogen) atoms. The average molecular weight is 515 g/mol. The summed E-state index contributed by atoms with van der Waals surface area (Å²) >= 11 is 13.3. The minimum atomic E-state index is -3.82. The number of hydrogen-bond donors (Lipinski definition) is 1. The molecule has 0 aliphatic heterocycles. The normalized spacial score (nSPS) is 12.3. The molecule has 3 rings (SSSR count). The number of benzene rings is 2. The molecule has 0 spiro atoms. The van der Waals surface area contributed by atoms with Crippen LogP contribution in [0.25, 0.3) is 10.6 Å². The van der Waals surface area contributed by atoms with Crippen molar-refractivity contribution >= 4 is 61.3 Å². The van der Waals surface area contributed by atoms with Gasteiger partial charge in [0.2, 0.25) is 21.1 Å². The van der Waals surface area contributed by atoms with Gasteiger partial charge in [-0.3, -0.25) is 14.4 Å². The molecule has 1 aromatic heterocycles. The molecule has 0 bridgehead atoms. The highest BCUT2D eigenvalue weighted by atomic mass is 35.5. The van der Waals surface area contributed by atoms with Gasteiger partial charge in [0.1, 0.15) is 16.8 Å². The fourth-order valence-corrected chi connectivity index (χ4v) is 5.36. The molecular formula is C20H20Cl2N4O4S2. The zero-order valence-corrected chi connectivity index (χ0v) is 20.5. The summed E-state index contributed by atoms with van der Waals surface area (Å²) in [7, 11) is -2.36. The van der Waals surface area contributed by atoms with E-state index in [0.717, 1.165) is 16.1 Å². The molecule has 1 amide bonds. The first-order chi connectivity index (χ1) is 15.1. The molecule has 0 fully saturated rings. The summed E-state index contributed by atoms with van der Waals surface area (Å²) in [6.45, 7) is 1.72. The van der Waals surface area contributed by atoms with Gasteiger partial charge in [0.05, 0.1) is 24.1 Å². The van der Waals surface area contributed by atoms with Crippen molar-refractivity contribution in [3.63, 3.8) is 0 Å². The first-order valence-corrected chi connectivity index (χ1v) is 12.8. The van der Waals surface area contributed by atoms with E-state index in [1.807, 2.05) is 0 Å². The lowest BCUT2D eigenvalue weighted by atomic mass is 10.2. The summed E-state index contributed by atoms with van der Waals surface area (Å²) < 4.78 is 31.4. The van der Waals surface area contributed by atoms with E-state index in [1.165, 1.54) is 30.6 Å². The number of sulfonamides is 1. The number of amides is 1. The van der Waals surface area contributed by atoms with Crippen molar-refractivity contribution < 1.29 is 17.9 Å². The number of carbonyl (C=O) groups excluding carboxylic acids is 1. The fraction of sp³-hybridized carbons (Fsp3) is 0.250. The number of halogens is 2. The Kier molecular flexibility index (Phi) is 7.60. The van der Waals surface area contributed by atoms with Gasteiger partial charge in [0.25, 0.3) is 0 Å². The molecule has 8 nitrogen and oxygen atoms in total. The number of methoxy groups -OCH3 is 1. The van der Waals surface area contributed by atoms with Crippen molar-refractivity contribution in [3.05, 3.63) is 52.5 Å². The molecule has 0 unspecified atom stereocenters. The van der Waals surface area contributed by atoms with Crippen LogP contribution in [0.1, 0.15) is 13.3 Å². The molecule has 1 atom stereocenters. The molecule has 0 saturated carbocycles. The van der Waals surface area contributed by atoms with Gasteiger partial charge in [-0.05, 0) is 36.8 Å². The predicted molar refractivity (Wildman–Crippen MR) is 128 cm³/mol. The molecule has 2 aromatic carbocycles. The van der Waals surface area contributed by atoms with E-state index in [0.29, 0.717) is 15.8 Å². The van der Waals surface area contributed by atoms with Crippen molar-refractivity contribution in [2.75, 3.05) is 23.0 Å². The summed E-state index contributed by atoms with van der Waals surface area (Å²) in [6.07, 6.45) is 1.25. The maximum absolute atomic E-state index is 13.1. The molecule has 1 heterocycles. The van der Waals surface area contributed by atoms with Gasteiger partial charge in [-0.15, -0.1) is 10.2 Å². The second-order valence-electron chi connectivity index (χ2n) is 6.71. The van der Waals surface area contributed by atoms with Crippen LogP contribution in [0.5, 0.6) is 5.75 Å². The van der Waals surface area contributed by atoms with Gasteiger partial charge in [-0.1, -0.05) is 53.6 Å². The average Bonchev–Trinajstić information content (AvgIpc) is 3.19. The van der Waals surface area contributed by atoms with Gasteiger partial charge < -0.3 is 4.74 Å². The minimum absolute atomic E-state index is 0.214. The third-order valence-electron chi connectivity index (χ3n) is 4.47. The van der Waals surface area contributed by atoms with E-state index in [1.54, 1.807) is 37.3 Å². The van der Waals surface area contributed by atoms with Gasteiger partial charge >= 0.3 is 0 Å². The van der Waals surface area contributed by atoms with E-state index in [-0.39, 0.29) is 22.3 Å². The van der Waals surface area contributed by atoms with Crippen LogP contribution >= 0.6 is 34.5 Å². The Balaban J connectivity index is 1.87. The largest absolute Gasteiger partial charge is 0.495 e. The number of ether oxygens (including phenoxy) is 1. The summed E-state index contributed by atoms with van der Waals surface area (Å²) in [5, 5.41) is 12.4. The molecule has 12 heteroatoms. The van der Waals surface area contributed by atoms with E-state index in [4.69, 9.17) is 27.9 Å². The smallest absolute Gasteiger partial charge is 0.250 e. The van der Waals surface area contributed by atoms with E-state index >= 15 is 0 Å². The Bertz CT molecular complexity index is 1220. The summed E-state index contributed by atoms with van der Waals surface area (Å²) in [4.78, 5) is 13.1. The highest BCUT2D eigenvalue weighted by Gasteiger charge is 2.32. The minimum Gasteiger partial charge on any atom is -0.495 e. The molecule has 3 aromatic rings. The lowest BCUT2D eigenvalue weighted by molar-refractivity contribution is -0.117. The summed E-state index contributed by atoms with van der Waals surface area (Å²) in [5.41, 5.74) is 1.05. The topological polar surface area (TPSA) is 101 Å². The molecule has 170 valence electrons. The Morgan fingerprint density at radius 3 is 2.44 bits per heavy atom. The molecule has 0 aliphatic rings. The molecule has 0 saturated heterocycles. The first kappa shape index (κ1) is 24.2. The first-order valence-electron chi connectivity index (χ1n) is 9.37. The van der Waals surface area contributed by atoms with Crippen LogP contribution in [-0.4, -0.2) is 43.9 Å². The molecular weight excluding hydrogens is 495 g/mol. The number of nitrogens with one attached hydrogen (secondary N) is 1. The second kappa shape index (κ2) is 10.0. The highest BCUT2D eigenvalue weighted by molar-refractivity contribution is 7.92. The number of carbonyl (C=O) groups is 1. The van der Waals surface area contributed by atoms with Crippen molar-refractivity contribution in [1.82, 2.24) is 10.2 Å². The number of anilines is 2. The maximum Gasteiger partial charge on any atom is 0.250 e. The van der Waals surface area contributed by atoms with E-state index in [9.17, 15) is 13.2 Å². The maximum atomic E-state index is 13.1. The van der Waals surface area contributed by atoms with E-state index < -0.39 is 22.0 Å². The highest BCUT2D eigenvalue weighted by Crippen LogP contribution is 2.32. The lowest BCUT2D eigenvalue weighted by Gasteiger charge is -2.30.